The van der Waals surface area contributed by atoms with Crippen LogP contribution in [-0.2, 0) is 20.8 Å². The zero-order valence-electron chi connectivity index (χ0n) is 67.0. The first-order valence-electron chi connectivity index (χ1n) is 38.9. The number of piperidine rings is 1. The first kappa shape index (κ1) is 83.8. The zero-order valence-corrected chi connectivity index (χ0v) is 67.7. The molecule has 4 aromatic heterocycles. The van der Waals surface area contributed by atoms with E-state index in [2.05, 4.69) is 112 Å². The van der Waals surface area contributed by atoms with E-state index in [-0.39, 0.29) is 54.3 Å². The van der Waals surface area contributed by atoms with Crippen LogP contribution in [0.2, 0.25) is 5.02 Å². The minimum atomic E-state index is -0.508. The number of aryl methyl sites for hydroxylation is 1. The maximum Gasteiger partial charge on any atom is 0.318 e. The number of benzene rings is 7. The summed E-state index contributed by atoms with van der Waals surface area (Å²) in [5.74, 6) is 1.42. The lowest BCUT2D eigenvalue weighted by Gasteiger charge is -2.36. The quantitative estimate of drug-likeness (QED) is 0.0224. The summed E-state index contributed by atoms with van der Waals surface area (Å²) >= 11 is 6.46. The fraction of sp³-hybridized carbons (Fsp3) is 0.233. The van der Waals surface area contributed by atoms with Crippen LogP contribution in [0.4, 0.5) is 67.9 Å². The van der Waals surface area contributed by atoms with Gasteiger partial charge >= 0.3 is 6.03 Å². The van der Waals surface area contributed by atoms with Crippen molar-refractivity contribution >= 4 is 133 Å². The SMILES string of the molecule is C=CC(=O)Nc1ccc(C(=O)Nc2cccc(NC3=NCC4=C3CN(C(=O)N[C@H](CN(C)C)c3ccccc3)C4(C)C)c2)cc1.C=CC(=O)Nc1cccc(Nc2cc(N3CCCCC3CCO)nc3c(CC)cnn23)c1.CN(C)C/C=C/C(=O)Nc1ccc(C(=O)Nc2cccc(Nc3ncc(Cl)c(-c4c[nH]c5ccccc45)n3)c2)cc1. The van der Waals surface area contributed by atoms with Crippen LogP contribution in [0.1, 0.15) is 84.3 Å². The number of carbonyl (C=O) groups is 6. The molecule has 0 saturated carbocycles. The number of aliphatic hydroxyl groups excluding tert-OH is 1. The molecular weight excluding hydrogens is 1510 g/mol. The van der Waals surface area contributed by atoms with E-state index in [0.29, 0.717) is 88.1 Å². The van der Waals surface area contributed by atoms with Crippen LogP contribution in [0.5, 0.6) is 0 Å². The molecule has 0 aliphatic carbocycles. The van der Waals surface area contributed by atoms with Gasteiger partial charge in [-0.25, -0.2) is 19.7 Å². The molecule has 11 aromatic rings. The highest BCUT2D eigenvalue weighted by atomic mass is 35.5. The van der Waals surface area contributed by atoms with Crippen LogP contribution in [0.15, 0.2) is 254 Å². The molecule has 606 valence electrons. The number of para-hydroxylation sites is 1. The summed E-state index contributed by atoms with van der Waals surface area (Å²) < 4.78 is 1.82. The number of urea groups is 1. The van der Waals surface area contributed by atoms with Crippen LogP contribution in [0.3, 0.4) is 0 Å². The number of halogens is 1. The molecule has 3 aliphatic heterocycles. The largest absolute Gasteiger partial charge is 0.396 e. The lowest BCUT2D eigenvalue weighted by Crippen LogP contribution is -2.52. The van der Waals surface area contributed by atoms with Crippen LogP contribution < -0.4 is 52.8 Å². The normalized spacial score (nSPS) is 14.3. The summed E-state index contributed by atoms with van der Waals surface area (Å²) in [6.45, 7) is 16.5. The average Bonchev–Trinajstić information content (AvgIpc) is 1.59. The molecular formula is C90H97ClN20O7. The Kier molecular flexibility index (Phi) is 27.8. The van der Waals surface area contributed by atoms with Crippen LogP contribution in [0, 0.1) is 0 Å². The number of nitrogens with one attached hydrogen (secondary N) is 10. The van der Waals surface area contributed by atoms with Gasteiger partial charge in [0.2, 0.25) is 23.7 Å². The number of anilines is 11. The van der Waals surface area contributed by atoms with Crippen molar-refractivity contribution in [2.24, 2.45) is 4.99 Å². The number of amidine groups is 1. The van der Waals surface area contributed by atoms with Gasteiger partial charge < -0.3 is 77.5 Å². The number of H-pyrrole nitrogens is 1. The Morgan fingerprint density at radius 1 is 0.661 bits per heavy atom. The summed E-state index contributed by atoms with van der Waals surface area (Å²) in [4.78, 5) is 105. The molecule has 0 radical (unpaired) electrons. The van der Waals surface area contributed by atoms with E-state index in [1.54, 1.807) is 72.9 Å². The molecule has 14 rings (SSSR count). The third-order valence-electron chi connectivity index (χ3n) is 20.1. The first-order valence-corrected chi connectivity index (χ1v) is 39.2. The van der Waals surface area contributed by atoms with E-state index >= 15 is 0 Å². The van der Waals surface area contributed by atoms with Crippen molar-refractivity contribution in [1.82, 2.24) is 49.6 Å². The fourth-order valence-electron chi connectivity index (χ4n) is 14.0. The monoisotopic (exact) mass is 1600 g/mol. The van der Waals surface area contributed by atoms with Gasteiger partial charge in [-0.3, -0.25) is 29.0 Å². The number of carbonyl (C=O) groups excluding carboxylic acids is 6. The predicted octanol–water partition coefficient (Wildman–Crippen LogP) is 15.5. The van der Waals surface area contributed by atoms with Gasteiger partial charge in [-0.2, -0.15) is 9.61 Å². The minimum absolute atomic E-state index is 0.120. The smallest absolute Gasteiger partial charge is 0.318 e. The molecule has 0 bridgehead atoms. The number of amides is 7. The first-order chi connectivity index (χ1) is 57.0. The number of fused-ring (bicyclic) bond motifs is 2. The number of rotatable bonds is 26. The van der Waals surface area contributed by atoms with Gasteiger partial charge in [0, 0.05) is 135 Å². The Hall–Kier alpha value is -13.6. The number of aliphatic hydroxyl groups is 1. The van der Waals surface area contributed by atoms with Crippen molar-refractivity contribution in [3.63, 3.8) is 0 Å². The van der Waals surface area contributed by atoms with Crippen LogP contribution in [-0.4, -0.2) is 170 Å². The molecule has 2 atom stereocenters. The van der Waals surface area contributed by atoms with E-state index in [0.717, 1.165) is 105 Å². The van der Waals surface area contributed by atoms with Gasteiger partial charge in [0.25, 0.3) is 11.8 Å². The molecule has 28 heteroatoms. The van der Waals surface area contributed by atoms with Crippen molar-refractivity contribution in [2.45, 2.75) is 70.5 Å². The molecule has 118 heavy (non-hydrogen) atoms. The van der Waals surface area contributed by atoms with Gasteiger partial charge in [-0.1, -0.05) is 104 Å². The molecule has 7 aromatic carbocycles. The molecule has 1 unspecified atom stereocenters. The molecule has 7 amide bonds. The Morgan fingerprint density at radius 2 is 1.25 bits per heavy atom. The second kappa shape index (κ2) is 39.2. The molecule has 3 aliphatic rings. The van der Waals surface area contributed by atoms with Crippen LogP contribution >= 0.6 is 11.6 Å². The van der Waals surface area contributed by atoms with Crippen molar-refractivity contribution in [3.8, 4) is 11.3 Å². The van der Waals surface area contributed by atoms with Gasteiger partial charge in [0.05, 0.1) is 47.8 Å². The number of aliphatic imine (C=N–C) groups is 1. The Labute approximate surface area is 690 Å². The summed E-state index contributed by atoms with van der Waals surface area (Å²) in [5.41, 5.74) is 13.3. The number of likely N-dealkylation sites (N-methyl/N-ethyl adjacent to an activating group) is 2. The average molecular weight is 1610 g/mol. The minimum Gasteiger partial charge on any atom is -0.396 e. The Bertz CT molecular complexity index is 5560. The summed E-state index contributed by atoms with van der Waals surface area (Å²) in [5, 5.41) is 42.9. The lowest BCUT2D eigenvalue weighted by atomic mass is 9.94. The Balaban J connectivity index is 0.000000165. The molecule has 1 fully saturated rings. The van der Waals surface area contributed by atoms with Crippen LogP contribution in [0.25, 0.3) is 27.8 Å². The second-order valence-corrected chi connectivity index (χ2v) is 29.8. The van der Waals surface area contributed by atoms with E-state index in [1.807, 2.05) is 176 Å². The number of hydrogen-bond donors (Lipinski definition) is 11. The fourth-order valence-corrected chi connectivity index (χ4v) is 14.2. The Morgan fingerprint density at radius 3 is 1.87 bits per heavy atom. The lowest BCUT2D eigenvalue weighted by molar-refractivity contribution is -0.112. The van der Waals surface area contributed by atoms with Crippen molar-refractivity contribution in [3.05, 3.63) is 276 Å². The molecule has 27 nitrogen and oxygen atoms in total. The highest BCUT2D eigenvalue weighted by molar-refractivity contribution is 6.33. The summed E-state index contributed by atoms with van der Waals surface area (Å²) in [6, 6.07) is 55.4. The van der Waals surface area contributed by atoms with E-state index in [4.69, 9.17) is 21.6 Å². The highest BCUT2D eigenvalue weighted by Crippen LogP contribution is 2.40. The van der Waals surface area contributed by atoms with Crippen molar-refractivity contribution in [2.75, 3.05) is 115 Å². The van der Waals surface area contributed by atoms with E-state index < -0.39 is 5.54 Å². The number of aromatic amines is 1. The third-order valence-corrected chi connectivity index (χ3v) is 20.3. The standard InChI is InChI=1S/C35H39N7O3.C31H28ClN7O2.C24H30N6O2/c1-6-31(43)37-25-17-15-24(16-18-25)33(44)39-27-14-10-13-26(19-27)38-32-28-21-42(35(2,3)29(28)20-36-32)34(45)40-30(22-41(4)5)23-11-8-7-9-12-23;1-39(2)16-6-11-28(40)35-21-14-12-20(13-15-21)30(41)36-22-7-5-8-23(17-22)37-31-34-19-26(32)29(38-31)25-18-33-27-10-4-3-9-24(25)27;1-3-17-16-25-30-22(26-18-8-7-9-19(14-18)27-23(32)4-2)15-21(28-24(17)30)29-12-6-5-10-20(29)11-13-31/h6-19,30H,1,20-22H2,2-5H3,(H,36,38)(H,37,43)(H,39,44)(H,40,45);3-15,17-19,33H,16H2,1-2H3,(H,35,40)(H,36,41)(H,34,37,38);4,7-9,14-16,20,26,31H,2-3,5-6,10-13H2,1H3,(H,27,32)/b;11-6+;/t30-;;/m1../s1. The molecule has 7 heterocycles. The van der Waals surface area contributed by atoms with Crippen molar-refractivity contribution < 1.29 is 33.9 Å². The molecule has 0 spiro atoms. The number of aromatic nitrogens is 6. The number of hydrogen-bond acceptors (Lipinski definition) is 18. The summed E-state index contributed by atoms with van der Waals surface area (Å²) in [6.07, 6.45) is 15.9. The third kappa shape index (κ3) is 21.5. The van der Waals surface area contributed by atoms with E-state index in [1.165, 1.54) is 24.6 Å². The zero-order chi connectivity index (χ0) is 83.4. The topological polar surface area (TPSA) is 328 Å². The van der Waals surface area contributed by atoms with E-state index in [9.17, 15) is 33.9 Å². The van der Waals surface area contributed by atoms with Gasteiger partial charge in [0.1, 0.15) is 17.5 Å². The van der Waals surface area contributed by atoms with Gasteiger partial charge in [0.15, 0.2) is 5.65 Å². The maximum atomic E-state index is 13.7. The predicted molar refractivity (Wildman–Crippen MR) is 472 cm³/mol. The molecule has 1 saturated heterocycles. The van der Waals surface area contributed by atoms with Gasteiger partial charge in [-0.05, 0) is 207 Å². The maximum absolute atomic E-state index is 13.7. The molecule has 11 N–H and O–H groups in total. The summed E-state index contributed by atoms with van der Waals surface area (Å²) in [7, 11) is 7.85. The van der Waals surface area contributed by atoms with Crippen molar-refractivity contribution in [1.29, 1.82) is 0 Å². The number of nitrogens with zero attached hydrogens (tertiary/aromatic N) is 10. The second-order valence-electron chi connectivity index (χ2n) is 29.4. The highest BCUT2D eigenvalue weighted by Gasteiger charge is 2.46. The van der Waals surface area contributed by atoms with Gasteiger partial charge in [-0.15, -0.1) is 0 Å².